The summed E-state index contributed by atoms with van der Waals surface area (Å²) in [4.78, 5) is 12.1. The van der Waals surface area contributed by atoms with Crippen LogP contribution in [0.25, 0.3) is 0 Å². The number of carbonyl (C=O) groups excluding carboxylic acids is 1. The van der Waals surface area contributed by atoms with Crippen molar-refractivity contribution in [2.24, 2.45) is 0 Å². The van der Waals surface area contributed by atoms with Crippen LogP contribution in [0.15, 0.2) is 47.4 Å². The van der Waals surface area contributed by atoms with Crippen molar-refractivity contribution < 1.29 is 13.6 Å². The molecule has 0 radical (unpaired) electrons. The van der Waals surface area contributed by atoms with E-state index in [2.05, 4.69) is 5.32 Å². The van der Waals surface area contributed by atoms with Crippen molar-refractivity contribution in [2.75, 3.05) is 5.75 Å². The zero-order valence-electron chi connectivity index (χ0n) is 11.5. The van der Waals surface area contributed by atoms with Gasteiger partial charge in [-0.2, -0.15) is 0 Å². The minimum absolute atomic E-state index is 0.120. The van der Waals surface area contributed by atoms with E-state index in [1.807, 2.05) is 0 Å². The van der Waals surface area contributed by atoms with Crippen molar-refractivity contribution in [1.29, 1.82) is 0 Å². The molecule has 0 fully saturated rings. The number of thioether (sulfide) groups is 1. The van der Waals surface area contributed by atoms with Gasteiger partial charge in [0.2, 0.25) is 5.91 Å². The SMILES string of the molecule is Cc1ccc(CNC(=O)CSc2ccccc2F)cc1F. The minimum Gasteiger partial charge on any atom is -0.351 e. The standard InChI is InChI=1S/C16H15F2NOS/c1-11-6-7-12(8-14(11)18)9-19-16(20)10-21-15-5-3-2-4-13(15)17/h2-8H,9-10H2,1H3,(H,19,20). The van der Waals surface area contributed by atoms with Crippen LogP contribution >= 0.6 is 11.8 Å². The number of carbonyl (C=O) groups is 1. The Morgan fingerprint density at radius 1 is 1.14 bits per heavy atom. The number of hydrogen-bond acceptors (Lipinski definition) is 2. The predicted octanol–water partition coefficient (Wildman–Crippen LogP) is 3.68. The lowest BCUT2D eigenvalue weighted by Gasteiger charge is -2.07. The Bertz CT molecular complexity index is 646. The second kappa shape index (κ2) is 7.22. The summed E-state index contributed by atoms with van der Waals surface area (Å²) in [7, 11) is 0. The molecular weight excluding hydrogens is 292 g/mol. The minimum atomic E-state index is -0.337. The van der Waals surface area contributed by atoms with E-state index >= 15 is 0 Å². The van der Waals surface area contributed by atoms with E-state index in [1.54, 1.807) is 37.3 Å². The molecule has 2 rings (SSSR count). The molecular formula is C16H15F2NOS. The van der Waals surface area contributed by atoms with E-state index < -0.39 is 0 Å². The van der Waals surface area contributed by atoms with Crippen LogP contribution < -0.4 is 5.32 Å². The monoisotopic (exact) mass is 307 g/mol. The Kier molecular flexibility index (Phi) is 5.33. The van der Waals surface area contributed by atoms with Crippen LogP contribution in [0.4, 0.5) is 8.78 Å². The molecule has 2 nitrogen and oxygen atoms in total. The fourth-order valence-electron chi connectivity index (χ4n) is 1.70. The lowest BCUT2D eigenvalue weighted by molar-refractivity contribution is -0.118. The van der Waals surface area contributed by atoms with Crippen LogP contribution in [0.1, 0.15) is 11.1 Å². The smallest absolute Gasteiger partial charge is 0.230 e. The first-order valence-electron chi connectivity index (χ1n) is 6.45. The van der Waals surface area contributed by atoms with Gasteiger partial charge in [0.05, 0.1) is 5.75 Å². The molecule has 0 atom stereocenters. The normalized spacial score (nSPS) is 10.4. The third-order valence-electron chi connectivity index (χ3n) is 2.92. The summed E-state index contributed by atoms with van der Waals surface area (Å²) < 4.78 is 26.7. The number of benzene rings is 2. The molecule has 0 aromatic heterocycles. The Hall–Kier alpha value is -1.88. The average molecular weight is 307 g/mol. The van der Waals surface area contributed by atoms with Crippen LogP contribution in [-0.4, -0.2) is 11.7 Å². The summed E-state index contributed by atoms with van der Waals surface area (Å²) in [6, 6.07) is 11.1. The van der Waals surface area contributed by atoms with Crippen LogP contribution in [0.5, 0.6) is 0 Å². The fourth-order valence-corrected chi connectivity index (χ4v) is 2.47. The molecule has 0 bridgehead atoms. The summed E-state index contributed by atoms with van der Waals surface area (Å²) >= 11 is 1.13. The highest BCUT2D eigenvalue weighted by Crippen LogP contribution is 2.20. The highest BCUT2D eigenvalue weighted by atomic mass is 32.2. The first-order chi connectivity index (χ1) is 10.1. The molecule has 0 saturated heterocycles. The molecule has 0 aliphatic heterocycles. The van der Waals surface area contributed by atoms with Gasteiger partial charge in [-0.1, -0.05) is 24.3 Å². The number of hydrogen-bond donors (Lipinski definition) is 1. The number of amides is 1. The molecule has 0 saturated carbocycles. The lowest BCUT2D eigenvalue weighted by Crippen LogP contribution is -2.24. The lowest BCUT2D eigenvalue weighted by atomic mass is 10.1. The molecule has 1 N–H and O–H groups in total. The molecule has 0 aliphatic rings. The summed E-state index contributed by atoms with van der Waals surface area (Å²) in [5, 5.41) is 2.69. The average Bonchev–Trinajstić information content (AvgIpc) is 2.47. The van der Waals surface area contributed by atoms with E-state index in [1.165, 1.54) is 12.1 Å². The molecule has 110 valence electrons. The second-order valence-corrected chi connectivity index (χ2v) is 5.60. The molecule has 5 heteroatoms. The summed E-state index contributed by atoms with van der Waals surface area (Å²) in [6.07, 6.45) is 0. The Labute approximate surface area is 126 Å². The van der Waals surface area contributed by atoms with Crippen molar-refractivity contribution in [1.82, 2.24) is 5.32 Å². The van der Waals surface area contributed by atoms with E-state index in [9.17, 15) is 13.6 Å². The Morgan fingerprint density at radius 3 is 2.62 bits per heavy atom. The van der Waals surface area contributed by atoms with E-state index in [0.29, 0.717) is 16.0 Å². The van der Waals surface area contributed by atoms with Crippen LogP contribution in [-0.2, 0) is 11.3 Å². The van der Waals surface area contributed by atoms with Gasteiger partial charge >= 0.3 is 0 Å². The Balaban J connectivity index is 1.82. The highest BCUT2D eigenvalue weighted by Gasteiger charge is 2.06. The third kappa shape index (κ3) is 4.56. The summed E-state index contributed by atoms with van der Waals surface area (Å²) in [5.74, 6) is -0.724. The van der Waals surface area contributed by atoms with Gasteiger partial charge < -0.3 is 5.32 Å². The van der Waals surface area contributed by atoms with Crippen molar-refractivity contribution in [3.05, 3.63) is 65.2 Å². The molecule has 2 aromatic carbocycles. The third-order valence-corrected chi connectivity index (χ3v) is 3.97. The molecule has 2 aromatic rings. The number of nitrogens with one attached hydrogen (secondary N) is 1. The van der Waals surface area contributed by atoms with Gasteiger partial charge in [0, 0.05) is 11.4 Å². The molecule has 0 heterocycles. The second-order valence-electron chi connectivity index (χ2n) is 4.58. The topological polar surface area (TPSA) is 29.1 Å². The van der Waals surface area contributed by atoms with Gasteiger partial charge in [0.15, 0.2) is 0 Å². The van der Waals surface area contributed by atoms with E-state index in [-0.39, 0.29) is 29.8 Å². The van der Waals surface area contributed by atoms with Crippen molar-refractivity contribution in [3.8, 4) is 0 Å². The van der Waals surface area contributed by atoms with Gasteiger partial charge in [0.1, 0.15) is 11.6 Å². The maximum atomic E-state index is 13.4. The van der Waals surface area contributed by atoms with Gasteiger partial charge in [-0.25, -0.2) is 8.78 Å². The van der Waals surface area contributed by atoms with Gasteiger partial charge in [0.25, 0.3) is 0 Å². The van der Waals surface area contributed by atoms with Crippen molar-refractivity contribution in [3.63, 3.8) is 0 Å². The maximum Gasteiger partial charge on any atom is 0.230 e. The maximum absolute atomic E-state index is 13.4. The van der Waals surface area contributed by atoms with Gasteiger partial charge in [-0.15, -0.1) is 11.8 Å². The predicted molar refractivity (Wildman–Crippen MR) is 80.1 cm³/mol. The molecule has 21 heavy (non-hydrogen) atoms. The summed E-state index contributed by atoms with van der Waals surface area (Å²) in [6.45, 7) is 1.94. The summed E-state index contributed by atoms with van der Waals surface area (Å²) in [5.41, 5.74) is 1.27. The van der Waals surface area contributed by atoms with Gasteiger partial charge in [-0.05, 0) is 36.2 Å². The Morgan fingerprint density at radius 2 is 1.90 bits per heavy atom. The highest BCUT2D eigenvalue weighted by molar-refractivity contribution is 8.00. The molecule has 0 spiro atoms. The van der Waals surface area contributed by atoms with Crippen molar-refractivity contribution in [2.45, 2.75) is 18.4 Å². The first kappa shape index (κ1) is 15.5. The molecule has 0 unspecified atom stereocenters. The quantitative estimate of drug-likeness (QED) is 0.854. The largest absolute Gasteiger partial charge is 0.351 e. The van der Waals surface area contributed by atoms with Crippen LogP contribution in [0, 0.1) is 18.6 Å². The number of aryl methyl sites for hydroxylation is 1. The fraction of sp³-hybridized carbons (Fsp3) is 0.188. The zero-order valence-corrected chi connectivity index (χ0v) is 12.3. The molecule has 0 aliphatic carbocycles. The van der Waals surface area contributed by atoms with Gasteiger partial charge in [-0.3, -0.25) is 4.79 Å². The van der Waals surface area contributed by atoms with Crippen molar-refractivity contribution >= 4 is 17.7 Å². The van der Waals surface area contributed by atoms with E-state index in [4.69, 9.17) is 0 Å². The van der Waals surface area contributed by atoms with Crippen LogP contribution in [0.3, 0.4) is 0 Å². The first-order valence-corrected chi connectivity index (χ1v) is 7.44. The van der Waals surface area contributed by atoms with E-state index in [0.717, 1.165) is 11.8 Å². The number of rotatable bonds is 5. The molecule has 1 amide bonds. The number of halogens is 2. The van der Waals surface area contributed by atoms with Crippen LogP contribution in [0.2, 0.25) is 0 Å². The zero-order chi connectivity index (χ0) is 15.2.